The minimum atomic E-state index is -1.02. The first-order valence-electron chi connectivity index (χ1n) is 12.1. The molecule has 0 radical (unpaired) electrons. The van der Waals surface area contributed by atoms with E-state index in [-0.39, 0.29) is 12.2 Å². The number of aliphatic hydroxyl groups is 1. The fourth-order valence-corrected chi connectivity index (χ4v) is 4.57. The van der Waals surface area contributed by atoms with Gasteiger partial charge in [0.2, 0.25) is 0 Å². The van der Waals surface area contributed by atoms with Crippen LogP contribution in [0.2, 0.25) is 0 Å². The number of rotatable bonds is 7. The van der Waals surface area contributed by atoms with E-state index in [4.69, 9.17) is 14.6 Å². The normalized spacial score (nSPS) is 23.0. The fourth-order valence-electron chi connectivity index (χ4n) is 4.57. The van der Waals surface area contributed by atoms with Gasteiger partial charge >= 0.3 is 0 Å². The summed E-state index contributed by atoms with van der Waals surface area (Å²) in [7, 11) is 0. The Balaban J connectivity index is 1.37. The summed E-state index contributed by atoms with van der Waals surface area (Å²) in [6.07, 6.45) is 10.1. The van der Waals surface area contributed by atoms with Crippen LogP contribution in [-0.2, 0) is 10.3 Å². The number of nitrogens with zero attached hydrogens (tertiary/aromatic N) is 4. The number of hydrogen-bond donors (Lipinski definition) is 2. The van der Waals surface area contributed by atoms with Gasteiger partial charge < -0.3 is 19.9 Å². The van der Waals surface area contributed by atoms with Crippen molar-refractivity contribution < 1.29 is 14.6 Å². The summed E-state index contributed by atoms with van der Waals surface area (Å²) >= 11 is 0. The molecule has 0 aromatic carbocycles. The number of nitrogens with one attached hydrogen (secondary N) is 1. The summed E-state index contributed by atoms with van der Waals surface area (Å²) in [5.74, 6) is 2.46. The monoisotopic (exact) mass is 463 g/mol. The van der Waals surface area contributed by atoms with Gasteiger partial charge in [0.25, 0.3) is 0 Å². The topological polar surface area (TPSA) is 94.3 Å². The standard InChI is InChI=1S/C26H33N5O3/c1-16-11-18(12-17(2)33-16)25-22(15-31(30-25)20-5-6-20)34-21-8-10-28-24(14-21)29-19-7-9-27-23(13-19)26(3,4)32/h7-10,13-18,20,32H,5-6,11-12H2,1-4H3,(H,27,28,29)/t16-,17+,18?. The SMILES string of the molecule is C[C@@H]1CC(c2nn(C3CC3)cc2Oc2ccnc(Nc3ccnc(C(C)(C)O)c3)c2)C[C@H](C)O1. The summed E-state index contributed by atoms with van der Waals surface area (Å²) in [5, 5.41) is 18.5. The minimum absolute atomic E-state index is 0.207. The van der Waals surface area contributed by atoms with Crippen molar-refractivity contribution in [3.63, 3.8) is 0 Å². The molecular weight excluding hydrogens is 430 g/mol. The van der Waals surface area contributed by atoms with E-state index >= 15 is 0 Å². The molecule has 3 aromatic rings. The fraction of sp³-hybridized carbons (Fsp3) is 0.500. The van der Waals surface area contributed by atoms with Gasteiger partial charge in [-0.05, 0) is 71.6 Å². The molecule has 2 fully saturated rings. The second-order valence-corrected chi connectivity index (χ2v) is 10.1. The van der Waals surface area contributed by atoms with Gasteiger partial charge in [-0.25, -0.2) is 4.98 Å². The molecule has 34 heavy (non-hydrogen) atoms. The Morgan fingerprint density at radius 2 is 1.82 bits per heavy atom. The van der Waals surface area contributed by atoms with Crippen LogP contribution in [0.3, 0.4) is 0 Å². The molecule has 5 rings (SSSR count). The van der Waals surface area contributed by atoms with E-state index in [1.807, 2.05) is 30.5 Å². The molecule has 1 saturated carbocycles. The van der Waals surface area contributed by atoms with Crippen LogP contribution in [-0.4, -0.2) is 37.1 Å². The van der Waals surface area contributed by atoms with E-state index in [0.29, 0.717) is 29.2 Å². The Kier molecular flexibility index (Phi) is 6.04. The highest BCUT2D eigenvalue weighted by Gasteiger charge is 2.33. The predicted molar refractivity (Wildman–Crippen MR) is 130 cm³/mol. The summed E-state index contributed by atoms with van der Waals surface area (Å²) in [5.41, 5.74) is 1.38. The quantitative estimate of drug-likeness (QED) is 0.482. The molecule has 8 heteroatoms. The molecule has 1 aliphatic carbocycles. The van der Waals surface area contributed by atoms with E-state index in [1.165, 1.54) is 12.8 Å². The van der Waals surface area contributed by atoms with Crippen LogP contribution in [0, 0.1) is 0 Å². The number of ether oxygens (including phenoxy) is 2. The molecule has 0 bridgehead atoms. The molecule has 2 N–H and O–H groups in total. The van der Waals surface area contributed by atoms with Crippen LogP contribution in [0.1, 0.15) is 76.7 Å². The lowest BCUT2D eigenvalue weighted by molar-refractivity contribution is -0.0387. The summed E-state index contributed by atoms with van der Waals surface area (Å²) in [6.45, 7) is 7.69. The average Bonchev–Trinajstić information content (AvgIpc) is 3.53. The van der Waals surface area contributed by atoms with Crippen LogP contribution in [0.25, 0.3) is 0 Å². The molecule has 180 valence electrons. The van der Waals surface area contributed by atoms with E-state index in [2.05, 4.69) is 33.8 Å². The maximum Gasteiger partial charge on any atom is 0.168 e. The van der Waals surface area contributed by atoms with Gasteiger partial charge in [0, 0.05) is 30.1 Å². The van der Waals surface area contributed by atoms with Gasteiger partial charge in [-0.1, -0.05) is 0 Å². The van der Waals surface area contributed by atoms with Gasteiger partial charge in [-0.15, -0.1) is 0 Å². The maximum absolute atomic E-state index is 10.3. The van der Waals surface area contributed by atoms with E-state index in [9.17, 15) is 5.11 Å². The minimum Gasteiger partial charge on any atom is -0.454 e. The average molecular weight is 464 g/mol. The lowest BCUT2D eigenvalue weighted by Crippen LogP contribution is -2.28. The van der Waals surface area contributed by atoms with E-state index in [0.717, 1.165) is 30.0 Å². The van der Waals surface area contributed by atoms with Crippen molar-refractivity contribution in [3.05, 3.63) is 54.2 Å². The Morgan fingerprint density at radius 1 is 1.09 bits per heavy atom. The molecule has 1 aliphatic heterocycles. The summed E-state index contributed by atoms with van der Waals surface area (Å²) < 4.78 is 14.4. The number of aromatic nitrogens is 4. The maximum atomic E-state index is 10.3. The van der Waals surface area contributed by atoms with Gasteiger partial charge in [0.1, 0.15) is 22.9 Å². The molecule has 0 amide bonds. The third-order valence-corrected chi connectivity index (χ3v) is 6.35. The van der Waals surface area contributed by atoms with Crippen molar-refractivity contribution in [1.29, 1.82) is 0 Å². The van der Waals surface area contributed by atoms with Gasteiger partial charge in [-0.3, -0.25) is 9.67 Å². The van der Waals surface area contributed by atoms with Gasteiger partial charge in [0.15, 0.2) is 5.75 Å². The van der Waals surface area contributed by atoms with Gasteiger partial charge in [-0.2, -0.15) is 5.10 Å². The highest BCUT2D eigenvalue weighted by atomic mass is 16.5. The van der Waals surface area contributed by atoms with Crippen molar-refractivity contribution >= 4 is 11.5 Å². The van der Waals surface area contributed by atoms with Gasteiger partial charge in [0.05, 0.1) is 30.1 Å². The molecule has 8 nitrogen and oxygen atoms in total. The van der Waals surface area contributed by atoms with E-state index < -0.39 is 5.60 Å². The zero-order valence-electron chi connectivity index (χ0n) is 20.2. The molecule has 0 spiro atoms. The molecule has 3 atom stereocenters. The predicted octanol–water partition coefficient (Wildman–Crippen LogP) is 5.44. The molecule has 3 aromatic heterocycles. The smallest absolute Gasteiger partial charge is 0.168 e. The van der Waals surface area contributed by atoms with Crippen molar-refractivity contribution in [2.75, 3.05) is 5.32 Å². The number of pyridine rings is 2. The summed E-state index contributed by atoms with van der Waals surface area (Å²) in [6, 6.07) is 7.87. The van der Waals surface area contributed by atoms with Crippen molar-refractivity contribution in [3.8, 4) is 11.5 Å². The Labute approximate surface area is 200 Å². The first-order chi connectivity index (χ1) is 16.2. The third kappa shape index (κ3) is 5.23. The van der Waals surface area contributed by atoms with Crippen molar-refractivity contribution in [1.82, 2.24) is 19.7 Å². The zero-order chi connectivity index (χ0) is 23.9. The van der Waals surface area contributed by atoms with Crippen molar-refractivity contribution in [2.45, 2.75) is 83.1 Å². The first-order valence-corrected chi connectivity index (χ1v) is 12.1. The number of anilines is 2. The lowest BCUT2D eigenvalue weighted by Gasteiger charge is -2.31. The second-order valence-electron chi connectivity index (χ2n) is 10.1. The molecule has 1 saturated heterocycles. The zero-order valence-corrected chi connectivity index (χ0v) is 20.2. The number of hydrogen-bond acceptors (Lipinski definition) is 7. The first kappa shape index (κ1) is 22.8. The highest BCUT2D eigenvalue weighted by Crippen LogP contribution is 2.42. The lowest BCUT2D eigenvalue weighted by atomic mass is 9.89. The van der Waals surface area contributed by atoms with Crippen LogP contribution >= 0.6 is 0 Å². The van der Waals surface area contributed by atoms with Crippen LogP contribution in [0.4, 0.5) is 11.5 Å². The molecule has 4 heterocycles. The van der Waals surface area contributed by atoms with Crippen LogP contribution < -0.4 is 10.1 Å². The van der Waals surface area contributed by atoms with Crippen LogP contribution in [0.5, 0.6) is 11.5 Å². The molecular formula is C26H33N5O3. The van der Waals surface area contributed by atoms with E-state index in [1.54, 1.807) is 26.2 Å². The van der Waals surface area contributed by atoms with Crippen LogP contribution in [0.15, 0.2) is 42.9 Å². The third-order valence-electron chi connectivity index (χ3n) is 6.35. The summed E-state index contributed by atoms with van der Waals surface area (Å²) in [4.78, 5) is 8.69. The molecule has 1 unspecified atom stereocenters. The Bertz CT molecular complexity index is 1140. The Hall–Kier alpha value is -2.97. The highest BCUT2D eigenvalue weighted by molar-refractivity contribution is 5.58. The second kappa shape index (κ2) is 9.00. The van der Waals surface area contributed by atoms with Crippen molar-refractivity contribution in [2.24, 2.45) is 0 Å². The molecule has 2 aliphatic rings. The Morgan fingerprint density at radius 3 is 2.53 bits per heavy atom. The largest absolute Gasteiger partial charge is 0.454 e.